The monoisotopic (exact) mass is 276 g/mol. The summed E-state index contributed by atoms with van der Waals surface area (Å²) in [4.78, 5) is 13.5. The van der Waals surface area contributed by atoms with Crippen LogP contribution in [-0.2, 0) is 0 Å². The molecule has 1 aliphatic rings. The van der Waals surface area contributed by atoms with Gasteiger partial charge in [-0.05, 0) is 25.1 Å². The van der Waals surface area contributed by atoms with Crippen molar-refractivity contribution in [3.63, 3.8) is 0 Å². The van der Waals surface area contributed by atoms with Crippen LogP contribution in [0.25, 0.3) is 0 Å². The van der Waals surface area contributed by atoms with Gasteiger partial charge < -0.3 is 10.2 Å². The highest BCUT2D eigenvalue weighted by Crippen LogP contribution is 2.16. The molecule has 0 aromatic heterocycles. The van der Waals surface area contributed by atoms with Gasteiger partial charge in [-0.2, -0.15) is 0 Å². The van der Waals surface area contributed by atoms with Gasteiger partial charge in [-0.15, -0.1) is 12.4 Å². The van der Waals surface area contributed by atoms with E-state index in [1.165, 1.54) is 17.0 Å². The van der Waals surface area contributed by atoms with Crippen molar-refractivity contribution >= 4 is 18.3 Å². The first kappa shape index (κ1) is 14.9. The first-order chi connectivity index (χ1) is 8.11. The Labute approximate surface area is 111 Å². The van der Waals surface area contributed by atoms with E-state index in [9.17, 15) is 13.6 Å². The van der Waals surface area contributed by atoms with Crippen LogP contribution in [0.2, 0.25) is 0 Å². The Balaban J connectivity index is 0.00000162. The molecule has 1 amide bonds. The summed E-state index contributed by atoms with van der Waals surface area (Å²) in [5, 5.41) is 3.12. The predicted molar refractivity (Wildman–Crippen MR) is 67.0 cm³/mol. The summed E-state index contributed by atoms with van der Waals surface area (Å²) < 4.78 is 26.5. The van der Waals surface area contributed by atoms with Crippen LogP contribution in [-0.4, -0.2) is 37.0 Å². The van der Waals surface area contributed by atoms with Crippen LogP contribution in [0.1, 0.15) is 16.8 Å². The van der Waals surface area contributed by atoms with Gasteiger partial charge in [-0.1, -0.05) is 6.07 Å². The molecule has 6 heteroatoms. The lowest BCUT2D eigenvalue weighted by Crippen LogP contribution is -2.38. The molecule has 1 unspecified atom stereocenters. The quantitative estimate of drug-likeness (QED) is 0.894. The number of benzene rings is 1. The molecule has 3 nitrogen and oxygen atoms in total. The van der Waals surface area contributed by atoms with E-state index < -0.39 is 17.5 Å². The second-order valence-corrected chi connectivity index (χ2v) is 4.16. The van der Waals surface area contributed by atoms with Crippen molar-refractivity contribution in [2.24, 2.45) is 0 Å². The van der Waals surface area contributed by atoms with E-state index in [-0.39, 0.29) is 24.0 Å². The Morgan fingerprint density at radius 1 is 1.44 bits per heavy atom. The van der Waals surface area contributed by atoms with Crippen molar-refractivity contribution in [1.82, 2.24) is 10.2 Å². The minimum Gasteiger partial charge on any atom is -0.337 e. The number of likely N-dealkylation sites (N-methyl/N-ethyl adjacent to an activating group) is 1. The number of nitrogens with one attached hydrogen (secondary N) is 1. The van der Waals surface area contributed by atoms with E-state index in [1.807, 2.05) is 0 Å². The molecule has 0 spiro atoms. The molecule has 18 heavy (non-hydrogen) atoms. The van der Waals surface area contributed by atoms with Crippen molar-refractivity contribution in [3.05, 3.63) is 35.4 Å². The third-order valence-electron chi connectivity index (χ3n) is 3.08. The molecule has 1 aromatic rings. The molecule has 1 atom stereocenters. The minimum absolute atomic E-state index is 0. The third-order valence-corrected chi connectivity index (χ3v) is 3.08. The number of carbonyl (C=O) groups is 1. The molecule has 0 radical (unpaired) electrons. The van der Waals surface area contributed by atoms with Gasteiger partial charge in [-0.3, -0.25) is 4.79 Å². The van der Waals surface area contributed by atoms with Crippen LogP contribution in [0.15, 0.2) is 18.2 Å². The van der Waals surface area contributed by atoms with Crippen molar-refractivity contribution < 1.29 is 13.6 Å². The zero-order chi connectivity index (χ0) is 12.4. The van der Waals surface area contributed by atoms with E-state index >= 15 is 0 Å². The van der Waals surface area contributed by atoms with E-state index in [0.717, 1.165) is 19.0 Å². The number of amides is 1. The van der Waals surface area contributed by atoms with Gasteiger partial charge in [0.2, 0.25) is 0 Å². The maximum absolute atomic E-state index is 13.5. The minimum atomic E-state index is -1.07. The fourth-order valence-corrected chi connectivity index (χ4v) is 1.99. The average Bonchev–Trinajstić information content (AvgIpc) is 2.84. The first-order valence-electron chi connectivity index (χ1n) is 5.53. The smallest absolute Gasteiger partial charge is 0.256 e. The second-order valence-electron chi connectivity index (χ2n) is 4.16. The summed E-state index contributed by atoms with van der Waals surface area (Å²) >= 11 is 0. The van der Waals surface area contributed by atoms with Gasteiger partial charge in [-0.25, -0.2) is 8.78 Å². The summed E-state index contributed by atoms with van der Waals surface area (Å²) in [6, 6.07) is 3.69. The highest BCUT2D eigenvalue weighted by molar-refractivity contribution is 5.94. The van der Waals surface area contributed by atoms with Crippen LogP contribution in [0.5, 0.6) is 0 Å². The third kappa shape index (κ3) is 2.79. The van der Waals surface area contributed by atoms with Crippen molar-refractivity contribution in [1.29, 1.82) is 0 Å². The standard InChI is InChI=1S/C12H14F2N2O.ClH/c1-16(8-5-6-15-7-8)12(17)9-3-2-4-10(13)11(9)14;/h2-4,8,15H,5-7H2,1H3;1H. The number of halogens is 3. The predicted octanol–water partition coefficient (Wildman–Crippen LogP) is 1.82. The highest BCUT2D eigenvalue weighted by atomic mass is 35.5. The van der Waals surface area contributed by atoms with Crippen LogP contribution in [0.4, 0.5) is 8.78 Å². The fourth-order valence-electron chi connectivity index (χ4n) is 1.99. The van der Waals surface area contributed by atoms with Crippen molar-refractivity contribution in [3.8, 4) is 0 Å². The number of rotatable bonds is 2. The Morgan fingerprint density at radius 2 is 2.17 bits per heavy atom. The number of hydrogen-bond acceptors (Lipinski definition) is 2. The lowest BCUT2D eigenvalue weighted by atomic mass is 10.1. The van der Waals surface area contributed by atoms with Gasteiger partial charge in [0.1, 0.15) is 0 Å². The molecular weight excluding hydrogens is 262 g/mol. The molecular formula is C12H15ClF2N2O. The summed E-state index contributed by atoms with van der Waals surface area (Å²) in [5.41, 5.74) is -0.209. The zero-order valence-electron chi connectivity index (χ0n) is 9.95. The highest BCUT2D eigenvalue weighted by Gasteiger charge is 2.26. The molecule has 0 saturated carbocycles. The topological polar surface area (TPSA) is 32.3 Å². The fraction of sp³-hybridized carbons (Fsp3) is 0.417. The second kappa shape index (κ2) is 6.11. The summed E-state index contributed by atoms with van der Waals surface area (Å²) in [6.07, 6.45) is 0.833. The van der Waals surface area contributed by atoms with Crippen LogP contribution >= 0.6 is 12.4 Å². The lowest BCUT2D eigenvalue weighted by molar-refractivity contribution is 0.0738. The molecule has 1 saturated heterocycles. The molecule has 1 fully saturated rings. The lowest BCUT2D eigenvalue weighted by Gasteiger charge is -2.24. The molecule has 1 aliphatic heterocycles. The van der Waals surface area contributed by atoms with Crippen LogP contribution < -0.4 is 5.32 Å². The van der Waals surface area contributed by atoms with Gasteiger partial charge in [0.25, 0.3) is 5.91 Å². The summed E-state index contributed by atoms with van der Waals surface area (Å²) in [6.45, 7) is 1.53. The average molecular weight is 277 g/mol. The Kier molecular flexibility index (Phi) is 5.04. The molecule has 1 N–H and O–H groups in total. The van der Waals surface area contributed by atoms with Crippen LogP contribution in [0.3, 0.4) is 0 Å². The Morgan fingerprint density at radius 3 is 2.78 bits per heavy atom. The summed E-state index contributed by atoms with van der Waals surface area (Å²) in [7, 11) is 1.62. The molecule has 0 bridgehead atoms. The normalized spacial score (nSPS) is 18.3. The SMILES string of the molecule is CN(C(=O)c1cccc(F)c1F)C1CCNC1.Cl. The van der Waals surface area contributed by atoms with Crippen molar-refractivity contribution in [2.75, 3.05) is 20.1 Å². The zero-order valence-corrected chi connectivity index (χ0v) is 10.8. The van der Waals surface area contributed by atoms with Gasteiger partial charge in [0, 0.05) is 19.6 Å². The van der Waals surface area contributed by atoms with E-state index in [0.29, 0.717) is 6.54 Å². The van der Waals surface area contributed by atoms with E-state index in [2.05, 4.69) is 5.32 Å². The Hall–Kier alpha value is -1.20. The molecule has 1 heterocycles. The number of nitrogens with zero attached hydrogens (tertiary/aromatic N) is 1. The number of hydrogen-bond donors (Lipinski definition) is 1. The maximum atomic E-state index is 13.5. The summed E-state index contributed by atoms with van der Waals surface area (Å²) in [5.74, 6) is -2.54. The number of carbonyl (C=O) groups excluding carboxylic acids is 1. The largest absolute Gasteiger partial charge is 0.337 e. The van der Waals surface area contributed by atoms with E-state index in [1.54, 1.807) is 7.05 Å². The van der Waals surface area contributed by atoms with Gasteiger partial charge in [0.15, 0.2) is 11.6 Å². The molecule has 2 rings (SSSR count). The Bertz CT molecular complexity index is 436. The first-order valence-corrected chi connectivity index (χ1v) is 5.53. The van der Waals surface area contributed by atoms with Gasteiger partial charge in [0.05, 0.1) is 5.56 Å². The maximum Gasteiger partial charge on any atom is 0.256 e. The van der Waals surface area contributed by atoms with E-state index in [4.69, 9.17) is 0 Å². The van der Waals surface area contributed by atoms with Crippen LogP contribution in [0, 0.1) is 11.6 Å². The molecule has 100 valence electrons. The van der Waals surface area contributed by atoms with Gasteiger partial charge >= 0.3 is 0 Å². The van der Waals surface area contributed by atoms with Crippen molar-refractivity contribution in [2.45, 2.75) is 12.5 Å². The molecule has 0 aliphatic carbocycles. The molecule has 1 aromatic carbocycles.